The van der Waals surface area contributed by atoms with Crippen molar-refractivity contribution in [3.05, 3.63) is 146 Å². The molecule has 0 bridgehead atoms. The van der Waals surface area contributed by atoms with Crippen LogP contribution in [0.25, 0.3) is 98.1 Å². The zero-order valence-electron chi connectivity index (χ0n) is 23.3. The zero-order valence-corrected chi connectivity index (χ0v) is 23.3. The molecule has 198 valence electrons. The van der Waals surface area contributed by atoms with Crippen molar-refractivity contribution in [3.63, 3.8) is 0 Å². The third-order valence-electron chi connectivity index (χ3n) is 9.40. The molecule has 0 unspecified atom stereocenters. The summed E-state index contributed by atoms with van der Waals surface area (Å²) in [5, 5.41) is 15.0. The van der Waals surface area contributed by atoms with Gasteiger partial charge >= 0.3 is 0 Å². The summed E-state index contributed by atoms with van der Waals surface area (Å²) in [5.41, 5.74) is 6.97. The number of hydrogen-bond acceptors (Lipinski definition) is 1. The first kappa shape index (κ1) is 23.0. The molecule has 0 aliphatic heterocycles. The van der Waals surface area contributed by atoms with Crippen LogP contribution in [-0.4, -0.2) is 0 Å². The molecular weight excluding hydrogens is 520 g/mol. The fraction of sp³-hybridized carbons (Fsp3) is 0. The van der Waals surface area contributed by atoms with Crippen LogP contribution in [0.1, 0.15) is 0 Å². The van der Waals surface area contributed by atoms with E-state index in [1.54, 1.807) is 0 Å². The number of furan rings is 1. The van der Waals surface area contributed by atoms with E-state index in [0.29, 0.717) is 0 Å². The maximum absolute atomic E-state index is 6.33. The van der Waals surface area contributed by atoms with Gasteiger partial charge in [-0.05, 0) is 100 Å². The Morgan fingerprint density at radius 3 is 1.58 bits per heavy atom. The molecule has 10 rings (SSSR count). The van der Waals surface area contributed by atoms with Crippen LogP contribution in [0.3, 0.4) is 0 Å². The van der Waals surface area contributed by atoms with Crippen molar-refractivity contribution in [2.45, 2.75) is 0 Å². The molecular formula is C42H24O. The van der Waals surface area contributed by atoms with Crippen LogP contribution in [0.2, 0.25) is 0 Å². The highest BCUT2D eigenvalue weighted by molar-refractivity contribution is 6.30. The van der Waals surface area contributed by atoms with E-state index in [9.17, 15) is 0 Å². The van der Waals surface area contributed by atoms with E-state index in [2.05, 4.69) is 146 Å². The second-order valence-electron chi connectivity index (χ2n) is 11.6. The van der Waals surface area contributed by atoms with E-state index in [4.69, 9.17) is 4.42 Å². The maximum Gasteiger partial charge on any atom is 0.136 e. The molecule has 0 aliphatic carbocycles. The fourth-order valence-corrected chi connectivity index (χ4v) is 7.63. The topological polar surface area (TPSA) is 13.1 Å². The largest absolute Gasteiger partial charge is 0.456 e. The first-order valence-electron chi connectivity index (χ1n) is 14.9. The van der Waals surface area contributed by atoms with Gasteiger partial charge in [0.25, 0.3) is 0 Å². The monoisotopic (exact) mass is 544 g/mol. The molecule has 0 amide bonds. The molecule has 9 aromatic carbocycles. The van der Waals surface area contributed by atoms with Crippen LogP contribution >= 0.6 is 0 Å². The molecule has 1 heteroatoms. The van der Waals surface area contributed by atoms with Crippen LogP contribution < -0.4 is 0 Å². The molecule has 0 saturated heterocycles. The van der Waals surface area contributed by atoms with Crippen molar-refractivity contribution in [2.24, 2.45) is 0 Å². The summed E-state index contributed by atoms with van der Waals surface area (Å²) < 4.78 is 6.33. The van der Waals surface area contributed by atoms with Gasteiger partial charge in [0, 0.05) is 10.8 Å². The lowest BCUT2D eigenvalue weighted by Gasteiger charge is -2.20. The fourth-order valence-electron chi connectivity index (χ4n) is 7.63. The maximum atomic E-state index is 6.33. The number of hydrogen-bond donors (Lipinski definition) is 0. The number of rotatable bonds is 2. The van der Waals surface area contributed by atoms with Crippen molar-refractivity contribution in [3.8, 4) is 22.3 Å². The molecule has 1 nitrogen and oxygen atoms in total. The van der Waals surface area contributed by atoms with Crippen LogP contribution in [0, 0.1) is 0 Å². The Morgan fingerprint density at radius 1 is 0.302 bits per heavy atom. The van der Waals surface area contributed by atoms with Gasteiger partial charge in [-0.15, -0.1) is 0 Å². The second-order valence-corrected chi connectivity index (χ2v) is 11.6. The Morgan fingerprint density at radius 2 is 0.860 bits per heavy atom. The van der Waals surface area contributed by atoms with Gasteiger partial charge in [0.1, 0.15) is 11.2 Å². The highest BCUT2D eigenvalue weighted by Gasteiger charge is 2.22. The highest BCUT2D eigenvalue weighted by Crippen LogP contribution is 2.49. The molecule has 0 N–H and O–H groups in total. The van der Waals surface area contributed by atoms with E-state index in [1.165, 1.54) is 86.9 Å². The lowest BCUT2D eigenvalue weighted by molar-refractivity contribution is 0.669. The van der Waals surface area contributed by atoms with Crippen molar-refractivity contribution in [1.82, 2.24) is 0 Å². The quantitative estimate of drug-likeness (QED) is 0.156. The van der Waals surface area contributed by atoms with Crippen molar-refractivity contribution in [1.29, 1.82) is 0 Å². The molecule has 0 spiro atoms. The van der Waals surface area contributed by atoms with Crippen molar-refractivity contribution < 1.29 is 4.42 Å². The first-order valence-corrected chi connectivity index (χ1v) is 14.9. The summed E-state index contributed by atoms with van der Waals surface area (Å²) >= 11 is 0. The molecule has 0 saturated carbocycles. The average Bonchev–Trinajstić information content (AvgIpc) is 3.46. The Kier molecular flexibility index (Phi) is 4.51. The Labute approximate surface area is 247 Å². The normalized spacial score (nSPS) is 12.2. The van der Waals surface area contributed by atoms with Gasteiger partial charge < -0.3 is 4.42 Å². The standard InChI is InChI=1S/C42H24O/c1-2-12-27-26(10-1)24-36(29-14-4-3-13-28(27)29)41-32-17-7-5-15-30(32)40(31-16-6-8-18-33(31)41)34-22-23-38-42-35(34)21-20-25-11-9-19-37(43-38)39(25)42/h1-24H. The van der Waals surface area contributed by atoms with E-state index < -0.39 is 0 Å². The molecule has 1 heterocycles. The summed E-state index contributed by atoms with van der Waals surface area (Å²) in [4.78, 5) is 0. The second kappa shape index (κ2) is 8.44. The van der Waals surface area contributed by atoms with E-state index in [1.807, 2.05) is 0 Å². The predicted molar refractivity (Wildman–Crippen MR) is 183 cm³/mol. The van der Waals surface area contributed by atoms with Gasteiger partial charge in [-0.2, -0.15) is 0 Å². The van der Waals surface area contributed by atoms with Gasteiger partial charge in [-0.3, -0.25) is 0 Å². The smallest absolute Gasteiger partial charge is 0.136 e. The minimum atomic E-state index is 0.943. The van der Waals surface area contributed by atoms with Gasteiger partial charge in [0.05, 0.1) is 0 Å². The van der Waals surface area contributed by atoms with Crippen LogP contribution in [0.15, 0.2) is 150 Å². The molecule has 0 radical (unpaired) electrons. The predicted octanol–water partition coefficient (Wildman–Crippen LogP) is 12.1. The lowest BCUT2D eigenvalue weighted by Crippen LogP contribution is -1.93. The van der Waals surface area contributed by atoms with E-state index in [-0.39, 0.29) is 0 Å². The summed E-state index contributed by atoms with van der Waals surface area (Å²) in [5.74, 6) is 0. The van der Waals surface area contributed by atoms with Crippen LogP contribution in [0.4, 0.5) is 0 Å². The summed E-state index contributed by atoms with van der Waals surface area (Å²) in [6.07, 6.45) is 0. The van der Waals surface area contributed by atoms with E-state index in [0.717, 1.165) is 11.2 Å². The Balaban J connectivity index is 1.39. The minimum absolute atomic E-state index is 0.943. The van der Waals surface area contributed by atoms with Gasteiger partial charge in [-0.25, -0.2) is 0 Å². The summed E-state index contributed by atoms with van der Waals surface area (Å²) in [7, 11) is 0. The van der Waals surface area contributed by atoms with Gasteiger partial charge in [0.2, 0.25) is 0 Å². The number of fused-ring (bicyclic) bond motifs is 5. The third-order valence-corrected chi connectivity index (χ3v) is 9.40. The summed E-state index contributed by atoms with van der Waals surface area (Å²) in [6.45, 7) is 0. The Bertz CT molecular complexity index is 2670. The average molecular weight is 545 g/mol. The van der Waals surface area contributed by atoms with Crippen LogP contribution in [0.5, 0.6) is 0 Å². The molecule has 0 atom stereocenters. The minimum Gasteiger partial charge on any atom is -0.456 e. The van der Waals surface area contributed by atoms with Crippen LogP contribution in [-0.2, 0) is 0 Å². The van der Waals surface area contributed by atoms with Crippen molar-refractivity contribution >= 4 is 75.8 Å². The molecule has 10 aromatic rings. The lowest BCUT2D eigenvalue weighted by atomic mass is 9.83. The molecule has 1 aromatic heterocycles. The first-order chi connectivity index (χ1) is 21.3. The van der Waals surface area contributed by atoms with E-state index >= 15 is 0 Å². The summed E-state index contributed by atoms with van der Waals surface area (Å²) in [6, 6.07) is 53.2. The van der Waals surface area contributed by atoms with Crippen molar-refractivity contribution in [2.75, 3.05) is 0 Å². The molecule has 0 fully saturated rings. The number of benzene rings is 9. The van der Waals surface area contributed by atoms with Gasteiger partial charge in [0.15, 0.2) is 0 Å². The zero-order chi connectivity index (χ0) is 28.1. The van der Waals surface area contributed by atoms with Gasteiger partial charge in [-0.1, -0.05) is 121 Å². The Hall–Kier alpha value is -5.66. The highest BCUT2D eigenvalue weighted by atomic mass is 16.3. The molecule has 43 heavy (non-hydrogen) atoms. The molecule has 0 aliphatic rings. The SMILES string of the molecule is c1ccc2c(c1)cc(-c1c3ccccc3c(-c3ccc4oc5cccc6ccc3c4c65)c3ccccc13)c1ccccc12. The third kappa shape index (κ3) is 3.06.